The Morgan fingerprint density at radius 2 is 2.12 bits per heavy atom. The van der Waals surface area contributed by atoms with Gasteiger partial charge in [0.25, 0.3) is 0 Å². The number of amides is 1. The molecule has 1 amide bonds. The van der Waals surface area contributed by atoms with Crippen LogP contribution in [0.25, 0.3) is 0 Å². The largest absolute Gasteiger partial charge is 0.347 e. The van der Waals surface area contributed by atoms with Crippen molar-refractivity contribution in [3.05, 3.63) is 48.3 Å². The third-order valence-corrected chi connectivity index (χ3v) is 6.18. The average molecular weight is 342 g/mol. The number of carbonyl (C=O) groups excluding carboxylic acids is 1. The minimum Gasteiger partial charge on any atom is -0.347 e. The molecular formula is C18H22N4OS. The number of nitrogens with one attached hydrogen (secondary N) is 2. The van der Waals surface area contributed by atoms with Crippen LogP contribution in [0.1, 0.15) is 30.9 Å². The molecule has 5 nitrogen and oxygen atoms in total. The Hall–Kier alpha value is -1.79. The van der Waals surface area contributed by atoms with Crippen LogP contribution < -0.4 is 10.6 Å². The molecule has 0 aliphatic carbocycles. The second-order valence-corrected chi connectivity index (χ2v) is 7.57. The van der Waals surface area contributed by atoms with E-state index in [-0.39, 0.29) is 11.9 Å². The summed E-state index contributed by atoms with van der Waals surface area (Å²) in [6.07, 6.45) is 6.17. The van der Waals surface area contributed by atoms with E-state index in [0.29, 0.717) is 0 Å². The molecule has 0 spiro atoms. The SMILES string of the molecule is O=C(NC1CCSc2ccccc21)C1(n2cccn2)CCNCC1. The number of fused-ring (bicyclic) bond motifs is 1. The zero-order chi connectivity index (χ0) is 16.4. The van der Waals surface area contributed by atoms with E-state index in [1.54, 1.807) is 6.20 Å². The molecule has 2 N–H and O–H groups in total. The Morgan fingerprint density at radius 1 is 1.29 bits per heavy atom. The summed E-state index contributed by atoms with van der Waals surface area (Å²) < 4.78 is 1.85. The minimum atomic E-state index is -0.575. The first-order chi connectivity index (χ1) is 11.8. The van der Waals surface area contributed by atoms with Gasteiger partial charge in [-0.3, -0.25) is 9.48 Å². The number of aromatic nitrogens is 2. The van der Waals surface area contributed by atoms with Gasteiger partial charge in [-0.15, -0.1) is 11.8 Å². The van der Waals surface area contributed by atoms with Crippen molar-refractivity contribution in [2.75, 3.05) is 18.8 Å². The van der Waals surface area contributed by atoms with Crippen molar-refractivity contribution in [2.45, 2.75) is 35.7 Å². The number of carbonyl (C=O) groups is 1. The van der Waals surface area contributed by atoms with Gasteiger partial charge in [-0.1, -0.05) is 18.2 Å². The van der Waals surface area contributed by atoms with Crippen LogP contribution >= 0.6 is 11.8 Å². The molecule has 126 valence electrons. The maximum absolute atomic E-state index is 13.3. The molecule has 2 aliphatic heterocycles. The van der Waals surface area contributed by atoms with E-state index in [1.165, 1.54) is 10.5 Å². The quantitative estimate of drug-likeness (QED) is 0.899. The van der Waals surface area contributed by atoms with Crippen LogP contribution in [0.4, 0.5) is 0 Å². The first-order valence-electron chi connectivity index (χ1n) is 8.53. The number of hydrogen-bond acceptors (Lipinski definition) is 4. The average Bonchev–Trinajstić information content (AvgIpc) is 3.18. The Kier molecular flexibility index (Phi) is 4.33. The summed E-state index contributed by atoms with van der Waals surface area (Å²) >= 11 is 1.87. The summed E-state index contributed by atoms with van der Waals surface area (Å²) in [5.41, 5.74) is 0.667. The van der Waals surface area contributed by atoms with E-state index in [1.807, 2.05) is 28.7 Å². The number of hydrogen-bond donors (Lipinski definition) is 2. The standard InChI is InChI=1S/C18H22N4OS/c23-17(18(7-10-19-11-8-18)22-12-3-9-20-22)21-15-6-13-24-16-5-2-1-4-14(15)16/h1-5,9,12,15,19H,6-8,10-11,13H2,(H,21,23). The molecule has 6 heteroatoms. The van der Waals surface area contributed by atoms with Gasteiger partial charge in [-0.05, 0) is 50.0 Å². The van der Waals surface area contributed by atoms with Crippen LogP contribution in [0.3, 0.4) is 0 Å². The van der Waals surface area contributed by atoms with Crippen molar-refractivity contribution < 1.29 is 4.79 Å². The predicted octanol–water partition coefficient (Wildman–Crippen LogP) is 2.32. The molecule has 2 aliphatic rings. The molecule has 3 heterocycles. The van der Waals surface area contributed by atoms with Gasteiger partial charge in [0.1, 0.15) is 5.54 Å². The highest BCUT2D eigenvalue weighted by molar-refractivity contribution is 7.99. The van der Waals surface area contributed by atoms with E-state index in [0.717, 1.165) is 38.1 Å². The number of thioether (sulfide) groups is 1. The van der Waals surface area contributed by atoms with Gasteiger partial charge >= 0.3 is 0 Å². The summed E-state index contributed by atoms with van der Waals surface area (Å²) in [4.78, 5) is 14.6. The molecule has 0 bridgehead atoms. The molecule has 2 aromatic rings. The zero-order valence-electron chi connectivity index (χ0n) is 13.6. The highest BCUT2D eigenvalue weighted by atomic mass is 32.2. The van der Waals surface area contributed by atoms with Crippen LogP contribution in [0, 0.1) is 0 Å². The van der Waals surface area contributed by atoms with E-state index in [2.05, 4.69) is 40.0 Å². The van der Waals surface area contributed by atoms with Crippen molar-refractivity contribution in [1.82, 2.24) is 20.4 Å². The van der Waals surface area contributed by atoms with Gasteiger partial charge in [0.15, 0.2) is 0 Å². The molecule has 1 aromatic heterocycles. The normalized spacial score (nSPS) is 22.6. The van der Waals surface area contributed by atoms with Crippen LogP contribution in [0.15, 0.2) is 47.6 Å². The van der Waals surface area contributed by atoms with Crippen molar-refractivity contribution in [2.24, 2.45) is 0 Å². The third kappa shape index (κ3) is 2.74. The van der Waals surface area contributed by atoms with E-state index in [4.69, 9.17) is 0 Å². The molecular weight excluding hydrogens is 320 g/mol. The second kappa shape index (κ2) is 6.61. The van der Waals surface area contributed by atoms with E-state index in [9.17, 15) is 4.79 Å². The fraction of sp³-hybridized carbons (Fsp3) is 0.444. The zero-order valence-corrected chi connectivity index (χ0v) is 14.4. The van der Waals surface area contributed by atoms with Crippen LogP contribution in [0.2, 0.25) is 0 Å². The van der Waals surface area contributed by atoms with Crippen molar-refractivity contribution in [3.63, 3.8) is 0 Å². The molecule has 1 saturated heterocycles. The lowest BCUT2D eigenvalue weighted by molar-refractivity contribution is -0.132. The molecule has 1 unspecified atom stereocenters. The Labute approximate surface area is 146 Å². The molecule has 4 rings (SSSR count). The van der Waals surface area contributed by atoms with Gasteiger partial charge in [-0.25, -0.2) is 0 Å². The van der Waals surface area contributed by atoms with Crippen LogP contribution in [-0.2, 0) is 10.3 Å². The van der Waals surface area contributed by atoms with Crippen molar-refractivity contribution in [3.8, 4) is 0 Å². The Bertz CT molecular complexity index is 710. The maximum atomic E-state index is 13.3. The number of rotatable bonds is 3. The van der Waals surface area contributed by atoms with Gasteiger partial charge in [0, 0.05) is 23.0 Å². The van der Waals surface area contributed by atoms with E-state index >= 15 is 0 Å². The highest BCUT2D eigenvalue weighted by Gasteiger charge is 2.43. The fourth-order valence-corrected chi connectivity index (χ4v) is 4.83. The Morgan fingerprint density at radius 3 is 2.92 bits per heavy atom. The third-order valence-electron chi connectivity index (χ3n) is 5.06. The first kappa shape index (κ1) is 15.7. The summed E-state index contributed by atoms with van der Waals surface area (Å²) in [6, 6.07) is 10.4. The summed E-state index contributed by atoms with van der Waals surface area (Å²) in [5.74, 6) is 1.14. The lowest BCUT2D eigenvalue weighted by Crippen LogP contribution is -2.55. The van der Waals surface area contributed by atoms with Crippen molar-refractivity contribution in [1.29, 1.82) is 0 Å². The summed E-state index contributed by atoms with van der Waals surface area (Å²) in [7, 11) is 0. The lowest BCUT2D eigenvalue weighted by Gasteiger charge is -2.38. The number of piperidine rings is 1. The fourth-order valence-electron chi connectivity index (χ4n) is 3.71. The van der Waals surface area contributed by atoms with Crippen molar-refractivity contribution >= 4 is 17.7 Å². The minimum absolute atomic E-state index is 0.0947. The lowest BCUT2D eigenvalue weighted by atomic mass is 9.86. The Balaban J connectivity index is 1.61. The number of benzene rings is 1. The second-order valence-electron chi connectivity index (χ2n) is 6.43. The van der Waals surface area contributed by atoms with E-state index < -0.39 is 5.54 Å². The molecule has 1 fully saturated rings. The predicted molar refractivity (Wildman–Crippen MR) is 95.0 cm³/mol. The summed E-state index contributed by atoms with van der Waals surface area (Å²) in [6.45, 7) is 1.68. The molecule has 0 saturated carbocycles. The number of nitrogens with zero attached hydrogens (tertiary/aromatic N) is 2. The smallest absolute Gasteiger partial charge is 0.248 e. The van der Waals surface area contributed by atoms with Gasteiger partial charge in [0.2, 0.25) is 5.91 Å². The molecule has 1 atom stereocenters. The van der Waals surface area contributed by atoms with Crippen LogP contribution in [0.5, 0.6) is 0 Å². The first-order valence-corrected chi connectivity index (χ1v) is 9.52. The summed E-state index contributed by atoms with van der Waals surface area (Å²) in [5, 5.41) is 11.1. The van der Waals surface area contributed by atoms with Gasteiger partial charge in [0.05, 0.1) is 6.04 Å². The van der Waals surface area contributed by atoms with Crippen LogP contribution in [-0.4, -0.2) is 34.5 Å². The maximum Gasteiger partial charge on any atom is 0.248 e. The molecule has 24 heavy (non-hydrogen) atoms. The van der Waals surface area contributed by atoms with Gasteiger partial charge < -0.3 is 10.6 Å². The monoisotopic (exact) mass is 342 g/mol. The van der Waals surface area contributed by atoms with Gasteiger partial charge in [-0.2, -0.15) is 5.10 Å². The molecule has 1 aromatic carbocycles. The topological polar surface area (TPSA) is 59.0 Å². The molecule has 0 radical (unpaired) electrons. The highest BCUT2D eigenvalue weighted by Crippen LogP contribution is 2.37.